The first-order valence-corrected chi connectivity index (χ1v) is 8.08. The Morgan fingerprint density at radius 3 is 2.46 bits per heavy atom. The van der Waals surface area contributed by atoms with E-state index in [2.05, 4.69) is 11.8 Å². The number of amides is 1. The Morgan fingerprint density at radius 2 is 1.88 bits per heavy atom. The molecule has 1 aromatic carbocycles. The summed E-state index contributed by atoms with van der Waals surface area (Å²) in [5.41, 5.74) is 7.05. The number of ether oxygens (including phenoxy) is 1. The molecule has 0 radical (unpaired) electrons. The minimum absolute atomic E-state index is 0.0415. The Bertz CT molecular complexity index is 598. The van der Waals surface area contributed by atoms with Crippen molar-refractivity contribution in [3.05, 3.63) is 35.4 Å². The van der Waals surface area contributed by atoms with Gasteiger partial charge in [-0.3, -0.25) is 9.59 Å². The lowest BCUT2D eigenvalue weighted by molar-refractivity contribution is -0.136. The maximum atomic E-state index is 10.8. The van der Waals surface area contributed by atoms with Crippen LogP contribution >= 0.6 is 0 Å². The Morgan fingerprint density at radius 1 is 1.21 bits per heavy atom. The monoisotopic (exact) mass is 331 g/mol. The van der Waals surface area contributed by atoms with Crippen molar-refractivity contribution in [3.8, 4) is 11.8 Å². The molecular weight excluding hydrogens is 306 g/mol. The molecule has 0 aromatic heterocycles. The highest BCUT2D eigenvalue weighted by Gasteiger charge is 2.13. The average Bonchev–Trinajstić information content (AvgIpc) is 2.55. The summed E-state index contributed by atoms with van der Waals surface area (Å²) >= 11 is 0. The zero-order chi connectivity index (χ0) is 17.9. The van der Waals surface area contributed by atoms with Gasteiger partial charge in [0.25, 0.3) is 0 Å². The summed E-state index contributed by atoms with van der Waals surface area (Å²) in [6.45, 7) is 4.53. The molecule has 0 saturated carbocycles. The molecule has 0 aliphatic heterocycles. The van der Waals surface area contributed by atoms with Crippen LogP contribution in [0.3, 0.4) is 0 Å². The third kappa shape index (κ3) is 8.35. The Balaban J connectivity index is 2.41. The van der Waals surface area contributed by atoms with Gasteiger partial charge in [0.15, 0.2) is 0 Å². The molecule has 130 valence electrons. The maximum absolute atomic E-state index is 10.8. The summed E-state index contributed by atoms with van der Waals surface area (Å²) in [5.74, 6) is 4.92. The minimum Gasteiger partial charge on any atom is -0.481 e. The first-order chi connectivity index (χ1) is 11.4. The molecule has 0 saturated heterocycles. The molecule has 1 amide bonds. The topological polar surface area (TPSA) is 89.6 Å². The largest absolute Gasteiger partial charge is 0.481 e. The highest BCUT2D eigenvalue weighted by Crippen LogP contribution is 2.15. The second-order valence-electron chi connectivity index (χ2n) is 5.89. The molecule has 0 fully saturated rings. The van der Waals surface area contributed by atoms with Crippen molar-refractivity contribution in [1.82, 2.24) is 0 Å². The summed E-state index contributed by atoms with van der Waals surface area (Å²) in [6.07, 6.45) is 1.55. The molecule has 24 heavy (non-hydrogen) atoms. The lowest BCUT2D eigenvalue weighted by atomic mass is 10.00. The zero-order valence-electron chi connectivity index (χ0n) is 14.2. The molecular formula is C19H25NO4. The standard InChI is InChI=1S/C19H25NO4/c1-14(7-12-18(20)21)15(2)24-13-17-10-8-16(9-11-17)5-3-4-6-19(22)23/h8-11,14-15H,4,6-7,12-13H2,1-2H3,(H2,20,21)(H,22,23)/t14-,15+/m0/s1. The van der Waals surface area contributed by atoms with Crippen LogP contribution in [0.2, 0.25) is 0 Å². The lowest BCUT2D eigenvalue weighted by Crippen LogP contribution is -2.20. The van der Waals surface area contributed by atoms with Crippen LogP contribution in [0.15, 0.2) is 24.3 Å². The Labute approximate surface area is 143 Å². The third-order valence-corrected chi connectivity index (χ3v) is 3.81. The third-order valence-electron chi connectivity index (χ3n) is 3.81. The fraction of sp³-hybridized carbons (Fsp3) is 0.474. The first-order valence-electron chi connectivity index (χ1n) is 8.08. The molecule has 3 N–H and O–H groups in total. The molecule has 2 atom stereocenters. The van der Waals surface area contributed by atoms with Crippen LogP contribution < -0.4 is 5.73 Å². The molecule has 1 rings (SSSR count). The number of primary amides is 1. The summed E-state index contributed by atoms with van der Waals surface area (Å²) in [7, 11) is 0. The van der Waals surface area contributed by atoms with E-state index in [-0.39, 0.29) is 24.3 Å². The van der Waals surface area contributed by atoms with E-state index in [0.717, 1.165) is 17.5 Å². The van der Waals surface area contributed by atoms with E-state index in [4.69, 9.17) is 15.6 Å². The highest BCUT2D eigenvalue weighted by atomic mass is 16.5. The molecule has 0 aliphatic carbocycles. The summed E-state index contributed by atoms with van der Waals surface area (Å²) in [5, 5.41) is 8.55. The van der Waals surface area contributed by atoms with Crippen molar-refractivity contribution in [2.24, 2.45) is 11.7 Å². The van der Waals surface area contributed by atoms with Crippen LogP contribution in [0.4, 0.5) is 0 Å². The van der Waals surface area contributed by atoms with Crippen molar-refractivity contribution in [2.45, 2.75) is 52.2 Å². The normalized spacial score (nSPS) is 12.8. The van der Waals surface area contributed by atoms with Crippen molar-refractivity contribution < 1.29 is 19.4 Å². The van der Waals surface area contributed by atoms with Gasteiger partial charge >= 0.3 is 5.97 Å². The average molecular weight is 331 g/mol. The van der Waals surface area contributed by atoms with Crippen molar-refractivity contribution in [2.75, 3.05) is 0 Å². The molecule has 0 bridgehead atoms. The molecule has 1 aromatic rings. The van der Waals surface area contributed by atoms with E-state index in [1.807, 2.05) is 38.1 Å². The number of benzene rings is 1. The minimum atomic E-state index is -0.837. The first kappa shape index (κ1) is 19.7. The van der Waals surface area contributed by atoms with Gasteiger partial charge < -0.3 is 15.6 Å². The Kier molecular flexibility index (Phi) is 8.59. The number of aliphatic carboxylic acids is 1. The summed E-state index contributed by atoms with van der Waals surface area (Å²) in [4.78, 5) is 21.2. The lowest BCUT2D eigenvalue weighted by Gasteiger charge is -2.20. The SMILES string of the molecule is C[C@@H](CCC(N)=O)[C@@H](C)OCc1ccc(C#CCCC(=O)O)cc1. The number of carboxylic acids is 1. The van der Waals surface area contributed by atoms with Gasteiger partial charge in [-0.05, 0) is 37.0 Å². The predicted octanol–water partition coefficient (Wildman–Crippen LogP) is 2.71. The molecule has 5 heteroatoms. The second kappa shape index (κ2) is 10.5. The molecule has 0 aliphatic rings. The van der Waals surface area contributed by atoms with Gasteiger partial charge in [-0.25, -0.2) is 0 Å². The smallest absolute Gasteiger partial charge is 0.304 e. The summed E-state index contributed by atoms with van der Waals surface area (Å²) in [6, 6.07) is 7.69. The number of carbonyl (C=O) groups excluding carboxylic acids is 1. The maximum Gasteiger partial charge on any atom is 0.304 e. The van der Waals surface area contributed by atoms with E-state index < -0.39 is 5.97 Å². The summed E-state index contributed by atoms with van der Waals surface area (Å²) < 4.78 is 5.83. The van der Waals surface area contributed by atoms with Gasteiger partial charge in [0.05, 0.1) is 19.1 Å². The predicted molar refractivity (Wildman–Crippen MR) is 92.0 cm³/mol. The van der Waals surface area contributed by atoms with Crippen LogP contribution in [0.1, 0.15) is 50.7 Å². The molecule has 5 nitrogen and oxygen atoms in total. The van der Waals surface area contributed by atoms with Gasteiger partial charge in [0.2, 0.25) is 5.91 Å². The van der Waals surface area contributed by atoms with E-state index in [9.17, 15) is 9.59 Å². The van der Waals surface area contributed by atoms with E-state index in [0.29, 0.717) is 19.4 Å². The van der Waals surface area contributed by atoms with Crippen molar-refractivity contribution in [1.29, 1.82) is 0 Å². The fourth-order valence-corrected chi connectivity index (χ4v) is 2.01. The van der Waals surface area contributed by atoms with Crippen LogP contribution in [-0.4, -0.2) is 23.1 Å². The Hall–Kier alpha value is -2.32. The zero-order valence-corrected chi connectivity index (χ0v) is 14.2. The van der Waals surface area contributed by atoms with Gasteiger partial charge in [-0.15, -0.1) is 0 Å². The van der Waals surface area contributed by atoms with Crippen LogP contribution in [0, 0.1) is 17.8 Å². The number of carbonyl (C=O) groups is 2. The number of carboxylic acid groups (broad SMARTS) is 1. The fourth-order valence-electron chi connectivity index (χ4n) is 2.01. The van der Waals surface area contributed by atoms with Crippen molar-refractivity contribution >= 4 is 11.9 Å². The number of rotatable bonds is 9. The van der Waals surface area contributed by atoms with E-state index in [1.165, 1.54) is 0 Å². The van der Waals surface area contributed by atoms with Gasteiger partial charge in [-0.1, -0.05) is 30.9 Å². The van der Waals surface area contributed by atoms with Gasteiger partial charge in [0, 0.05) is 18.4 Å². The number of hydrogen-bond donors (Lipinski definition) is 2. The van der Waals surface area contributed by atoms with Gasteiger partial charge in [-0.2, -0.15) is 0 Å². The van der Waals surface area contributed by atoms with E-state index in [1.54, 1.807) is 0 Å². The van der Waals surface area contributed by atoms with E-state index >= 15 is 0 Å². The molecule has 0 heterocycles. The number of nitrogens with two attached hydrogens (primary N) is 1. The molecule has 0 spiro atoms. The van der Waals surface area contributed by atoms with Gasteiger partial charge in [0.1, 0.15) is 0 Å². The quantitative estimate of drug-likeness (QED) is 0.681. The van der Waals surface area contributed by atoms with Crippen LogP contribution in [0.25, 0.3) is 0 Å². The second-order valence-corrected chi connectivity index (χ2v) is 5.89. The number of hydrogen-bond acceptors (Lipinski definition) is 3. The van der Waals surface area contributed by atoms with Crippen LogP contribution in [0.5, 0.6) is 0 Å². The van der Waals surface area contributed by atoms with Crippen LogP contribution in [-0.2, 0) is 20.9 Å². The highest BCUT2D eigenvalue weighted by molar-refractivity contribution is 5.73. The van der Waals surface area contributed by atoms with Crippen molar-refractivity contribution in [3.63, 3.8) is 0 Å². The molecule has 0 unspecified atom stereocenters.